The van der Waals surface area contributed by atoms with Crippen molar-refractivity contribution >= 4 is 44.6 Å². The van der Waals surface area contributed by atoms with Gasteiger partial charge < -0.3 is 14.4 Å². The molecule has 0 unspecified atom stereocenters. The Labute approximate surface area is 470 Å². The Hall–Kier alpha value is -7.78. The number of rotatable bonds is 10. The van der Waals surface area contributed by atoms with Crippen LogP contribution < -0.4 is 9.80 Å². The molecule has 0 radical (unpaired) electrons. The maximum atomic E-state index is 5.20. The molecule has 384 valence electrons. The van der Waals surface area contributed by atoms with Crippen molar-refractivity contribution in [2.45, 2.75) is 77.0 Å². The quantitative estimate of drug-likeness (QED) is 0.101. The second-order valence-electron chi connectivity index (χ2n) is 23.0. The van der Waals surface area contributed by atoms with Crippen molar-refractivity contribution < 1.29 is 21.1 Å². The predicted molar refractivity (Wildman–Crippen MR) is 317 cm³/mol. The Morgan fingerprint density at radius 3 is 1.58 bits per heavy atom. The standard InChI is InChI=1S/C72H63N4.Pt/c1-69(2,3)58-43-59(70(4,5)6)46-61(45-58)75-49-74(65-34-21-22-35-66(65)75)60-33-23-32-56(44-60)72(53-28-17-11-18-29-53,54-30-19-12-20-31-54)57-37-38-62-63-42-51(50-24-13-9-14-25-50)36-39-64(63)76(67(62)47-57)68-48-55(40-41-73-68)71(7,8)52-26-15-10-16-27-52;/h9-43,45-46,48-49H,1-8H3;/q-3;. The van der Waals surface area contributed by atoms with Gasteiger partial charge in [-0.1, -0.05) is 213 Å². The van der Waals surface area contributed by atoms with Gasteiger partial charge in [0, 0.05) is 60.7 Å². The van der Waals surface area contributed by atoms with Gasteiger partial charge in [-0.25, -0.2) is 4.98 Å². The molecule has 4 nitrogen and oxygen atoms in total. The molecule has 5 heteroatoms. The third-order valence-corrected chi connectivity index (χ3v) is 15.8. The van der Waals surface area contributed by atoms with Crippen molar-refractivity contribution in [1.82, 2.24) is 9.55 Å². The first kappa shape index (κ1) is 51.3. The average Bonchev–Trinajstić information content (AvgIpc) is 4.27. The zero-order chi connectivity index (χ0) is 52.4. The van der Waals surface area contributed by atoms with Crippen LogP contribution in [0.25, 0.3) is 38.8 Å². The van der Waals surface area contributed by atoms with E-state index >= 15 is 0 Å². The van der Waals surface area contributed by atoms with Crippen molar-refractivity contribution in [3.8, 4) is 16.9 Å². The summed E-state index contributed by atoms with van der Waals surface area (Å²) < 4.78 is 2.33. The minimum absolute atomic E-state index is 0. The Kier molecular flexibility index (Phi) is 13.3. The molecule has 1 aliphatic rings. The number of fused-ring (bicyclic) bond motifs is 4. The van der Waals surface area contributed by atoms with E-state index < -0.39 is 5.41 Å². The van der Waals surface area contributed by atoms with Gasteiger partial charge in [-0.3, -0.25) is 0 Å². The average molecular weight is 1180 g/mol. The summed E-state index contributed by atoms with van der Waals surface area (Å²) in [5.41, 5.74) is 16.7. The number of hydrogen-bond donors (Lipinski definition) is 0. The number of para-hydroxylation sites is 2. The van der Waals surface area contributed by atoms with Crippen LogP contribution in [-0.4, -0.2) is 9.55 Å². The van der Waals surface area contributed by atoms with E-state index in [9.17, 15) is 0 Å². The van der Waals surface area contributed by atoms with Gasteiger partial charge in [-0.05, 0) is 103 Å². The molecule has 0 spiro atoms. The van der Waals surface area contributed by atoms with Crippen molar-refractivity contribution in [2.75, 3.05) is 9.80 Å². The van der Waals surface area contributed by atoms with Gasteiger partial charge >= 0.3 is 0 Å². The van der Waals surface area contributed by atoms with Gasteiger partial charge in [-0.2, -0.15) is 42.5 Å². The molecule has 0 amide bonds. The van der Waals surface area contributed by atoms with Crippen LogP contribution in [0.2, 0.25) is 0 Å². The topological polar surface area (TPSA) is 24.3 Å². The zero-order valence-corrected chi connectivity index (χ0v) is 47.4. The van der Waals surface area contributed by atoms with Gasteiger partial charge in [0.05, 0.1) is 0 Å². The molecular weight excluding hydrogens is 1120 g/mol. The Balaban J connectivity index is 0.00000631. The predicted octanol–water partition coefficient (Wildman–Crippen LogP) is 18.2. The van der Waals surface area contributed by atoms with Crippen LogP contribution in [0.3, 0.4) is 0 Å². The fourth-order valence-electron chi connectivity index (χ4n) is 11.4. The van der Waals surface area contributed by atoms with Crippen molar-refractivity contribution in [3.63, 3.8) is 0 Å². The van der Waals surface area contributed by atoms with E-state index in [2.05, 4.69) is 313 Å². The molecule has 2 aromatic heterocycles. The molecule has 1 aliphatic heterocycles. The fraction of sp³-hybridized carbons (Fsp3) is 0.167. The van der Waals surface area contributed by atoms with E-state index in [-0.39, 0.29) is 37.3 Å². The summed E-state index contributed by atoms with van der Waals surface area (Å²) in [6.07, 6.45) is 1.97. The van der Waals surface area contributed by atoms with Gasteiger partial charge in [0.1, 0.15) is 5.82 Å². The summed E-state index contributed by atoms with van der Waals surface area (Å²) in [5.74, 6) is 0.844. The number of anilines is 4. The number of benzene rings is 9. The van der Waals surface area contributed by atoms with Crippen molar-refractivity contribution in [2.24, 2.45) is 0 Å². The molecule has 0 fully saturated rings. The van der Waals surface area contributed by atoms with Gasteiger partial charge in [-0.15, -0.1) is 28.9 Å². The molecule has 0 saturated carbocycles. The molecule has 0 saturated heterocycles. The molecule has 0 N–H and O–H groups in total. The third kappa shape index (κ3) is 9.11. The summed E-state index contributed by atoms with van der Waals surface area (Å²) in [4.78, 5) is 9.86. The van der Waals surface area contributed by atoms with Crippen LogP contribution >= 0.6 is 0 Å². The van der Waals surface area contributed by atoms with Crippen LogP contribution in [0.1, 0.15) is 99.9 Å². The molecule has 0 bridgehead atoms. The van der Waals surface area contributed by atoms with Gasteiger partial charge in [0.15, 0.2) is 0 Å². The summed E-state index contributed by atoms with van der Waals surface area (Å²) >= 11 is 0. The molecule has 77 heavy (non-hydrogen) atoms. The van der Waals surface area contributed by atoms with E-state index in [1.807, 2.05) is 6.20 Å². The third-order valence-electron chi connectivity index (χ3n) is 15.8. The summed E-state index contributed by atoms with van der Waals surface area (Å²) in [5, 5.41) is 2.25. The van der Waals surface area contributed by atoms with Gasteiger partial charge in [0.25, 0.3) is 0 Å². The normalized spacial score (nSPS) is 13.0. The number of pyridine rings is 1. The number of nitrogens with zero attached hydrogens (tertiary/aromatic N) is 4. The second kappa shape index (κ2) is 20.0. The Bertz CT molecular complexity index is 3830. The van der Waals surface area contributed by atoms with E-state index in [0.29, 0.717) is 0 Å². The number of hydrogen-bond acceptors (Lipinski definition) is 3. The molecule has 3 heterocycles. The zero-order valence-electron chi connectivity index (χ0n) is 45.1. The van der Waals surface area contributed by atoms with E-state index in [1.165, 1.54) is 27.8 Å². The molecule has 9 aromatic carbocycles. The van der Waals surface area contributed by atoms with E-state index in [1.54, 1.807) is 0 Å². The first-order valence-corrected chi connectivity index (χ1v) is 26.6. The Morgan fingerprint density at radius 1 is 0.416 bits per heavy atom. The maximum absolute atomic E-state index is 5.20. The Morgan fingerprint density at radius 2 is 0.974 bits per heavy atom. The van der Waals surface area contributed by atoms with E-state index in [0.717, 1.165) is 78.2 Å². The summed E-state index contributed by atoms with van der Waals surface area (Å²) in [6, 6.07) is 90.0. The maximum Gasteiger partial charge on any atom is 0.135 e. The van der Waals surface area contributed by atoms with Crippen LogP contribution in [0.5, 0.6) is 0 Å². The van der Waals surface area contributed by atoms with E-state index in [4.69, 9.17) is 4.98 Å². The summed E-state index contributed by atoms with van der Waals surface area (Å²) in [6.45, 7) is 20.7. The monoisotopic (exact) mass is 1180 g/mol. The van der Waals surface area contributed by atoms with Gasteiger partial charge in [0.2, 0.25) is 0 Å². The second-order valence-corrected chi connectivity index (χ2v) is 23.0. The SMILES string of the molecule is CC(C)(C)c1cc(N2[CH-]N(c3[c-]c(C(c4[c-]c5c(cc4)c4cc(-c6ccccc6)ccc4n5-c4cc(C(C)(C)c5ccccc5)ccn4)(c4ccccc4)c4ccccc4)ccc3)c3ccccc32)cc(C(C)(C)C)c1.[Pt]. The van der Waals surface area contributed by atoms with Crippen molar-refractivity contribution in [3.05, 3.63) is 294 Å². The van der Waals surface area contributed by atoms with Crippen molar-refractivity contribution in [1.29, 1.82) is 0 Å². The molecular formula is C72H63N4Pt-3. The number of aromatic nitrogens is 2. The molecule has 11 aromatic rings. The largest absolute Gasteiger partial charge is 0.493 e. The van der Waals surface area contributed by atoms with Crippen LogP contribution in [0.15, 0.2) is 231 Å². The molecule has 12 rings (SSSR count). The van der Waals surface area contributed by atoms with Crippen LogP contribution in [0.4, 0.5) is 22.7 Å². The van der Waals surface area contributed by atoms with Crippen LogP contribution in [0, 0.1) is 18.8 Å². The minimum atomic E-state index is -0.866. The van der Waals surface area contributed by atoms with Crippen LogP contribution in [-0.2, 0) is 42.7 Å². The minimum Gasteiger partial charge on any atom is -0.493 e. The first-order valence-electron chi connectivity index (χ1n) is 26.6. The smallest absolute Gasteiger partial charge is 0.135 e. The molecule has 0 aliphatic carbocycles. The molecule has 0 atom stereocenters. The fourth-order valence-corrected chi connectivity index (χ4v) is 11.4. The first-order chi connectivity index (χ1) is 36.7. The summed E-state index contributed by atoms with van der Waals surface area (Å²) in [7, 11) is 0.